The molecule has 0 aliphatic rings. The van der Waals surface area contributed by atoms with E-state index in [4.69, 9.17) is 4.74 Å². The Morgan fingerprint density at radius 2 is 2.08 bits per heavy atom. The molecular weight excluding hydrogens is 390 g/mol. The van der Waals surface area contributed by atoms with Crippen molar-refractivity contribution in [1.29, 1.82) is 0 Å². The summed E-state index contributed by atoms with van der Waals surface area (Å²) in [5.74, 6) is -0.318. The van der Waals surface area contributed by atoms with Crippen molar-refractivity contribution >= 4 is 34.0 Å². The maximum atomic E-state index is 11.9. The highest BCUT2D eigenvalue weighted by Gasteiger charge is 2.08. The summed E-state index contributed by atoms with van der Waals surface area (Å²) in [6.45, 7) is -0.229. The minimum atomic E-state index is -0.498. The molecule has 0 bridgehead atoms. The van der Waals surface area contributed by atoms with E-state index in [9.17, 15) is 14.7 Å². The van der Waals surface area contributed by atoms with Crippen LogP contribution in [0.4, 0.5) is 0 Å². The van der Waals surface area contributed by atoms with Gasteiger partial charge in [0.25, 0.3) is 11.8 Å². The number of carbonyl (C=O) groups excluding carboxylic acids is 2. The van der Waals surface area contributed by atoms with Crippen molar-refractivity contribution in [3.05, 3.63) is 58.1 Å². The Kier molecular flexibility index (Phi) is 6.53. The van der Waals surface area contributed by atoms with Crippen LogP contribution in [-0.2, 0) is 4.79 Å². The van der Waals surface area contributed by atoms with Crippen LogP contribution in [0.1, 0.15) is 15.9 Å². The molecule has 2 aromatic carbocycles. The van der Waals surface area contributed by atoms with Gasteiger partial charge >= 0.3 is 0 Å². The molecule has 0 aliphatic heterocycles. The van der Waals surface area contributed by atoms with Gasteiger partial charge in [0.05, 0.1) is 19.9 Å². The number of benzene rings is 2. The van der Waals surface area contributed by atoms with Crippen LogP contribution in [0.3, 0.4) is 0 Å². The van der Waals surface area contributed by atoms with Gasteiger partial charge < -0.3 is 15.2 Å². The fraction of sp³-hybridized carbons (Fsp3) is 0.118. The van der Waals surface area contributed by atoms with Crippen LogP contribution in [0.15, 0.2) is 52.0 Å². The molecule has 2 rings (SSSR count). The molecule has 0 heterocycles. The van der Waals surface area contributed by atoms with E-state index in [-0.39, 0.29) is 18.2 Å². The number of methoxy groups -OCH3 is 1. The monoisotopic (exact) mass is 405 g/mol. The largest absolute Gasteiger partial charge is 0.507 e. The molecule has 0 aromatic heterocycles. The number of hydrazone groups is 1. The van der Waals surface area contributed by atoms with Crippen LogP contribution in [-0.4, -0.2) is 36.8 Å². The molecule has 8 heteroatoms. The van der Waals surface area contributed by atoms with Crippen molar-refractivity contribution in [1.82, 2.24) is 10.7 Å². The lowest BCUT2D eigenvalue weighted by molar-refractivity contribution is -0.120. The number of ether oxygens (including phenoxy) is 1. The van der Waals surface area contributed by atoms with Gasteiger partial charge in [0.15, 0.2) is 0 Å². The summed E-state index contributed by atoms with van der Waals surface area (Å²) in [5, 5.41) is 15.9. The Morgan fingerprint density at radius 3 is 2.80 bits per heavy atom. The molecule has 0 spiro atoms. The van der Waals surface area contributed by atoms with Crippen molar-refractivity contribution in [2.24, 2.45) is 5.10 Å². The number of phenolic OH excluding ortho intramolecular Hbond substituents is 1. The average molecular weight is 406 g/mol. The van der Waals surface area contributed by atoms with E-state index in [0.29, 0.717) is 16.9 Å². The molecule has 25 heavy (non-hydrogen) atoms. The summed E-state index contributed by atoms with van der Waals surface area (Å²) in [6.07, 6.45) is 1.28. The third-order valence-corrected chi connectivity index (χ3v) is 3.62. The van der Waals surface area contributed by atoms with E-state index in [1.807, 2.05) is 0 Å². The van der Waals surface area contributed by atoms with E-state index < -0.39 is 5.91 Å². The number of rotatable bonds is 6. The van der Waals surface area contributed by atoms with Gasteiger partial charge in [0, 0.05) is 15.6 Å². The highest BCUT2D eigenvalue weighted by molar-refractivity contribution is 9.10. The van der Waals surface area contributed by atoms with Crippen LogP contribution in [0.25, 0.3) is 0 Å². The molecule has 0 unspecified atom stereocenters. The van der Waals surface area contributed by atoms with Crippen molar-refractivity contribution in [2.45, 2.75) is 0 Å². The fourth-order valence-corrected chi connectivity index (χ4v) is 2.27. The normalized spacial score (nSPS) is 10.5. The summed E-state index contributed by atoms with van der Waals surface area (Å²) < 4.78 is 5.81. The van der Waals surface area contributed by atoms with Crippen molar-refractivity contribution in [3.8, 4) is 11.5 Å². The van der Waals surface area contributed by atoms with Gasteiger partial charge in [-0.1, -0.05) is 22.0 Å². The summed E-state index contributed by atoms with van der Waals surface area (Å²) in [6, 6.07) is 11.4. The Bertz CT molecular complexity index is 808. The predicted octanol–water partition coefficient (Wildman–Crippen LogP) is 2.04. The lowest BCUT2D eigenvalue weighted by Gasteiger charge is -2.05. The molecule has 130 valence electrons. The quantitative estimate of drug-likeness (QED) is 0.505. The zero-order valence-corrected chi connectivity index (χ0v) is 14.9. The van der Waals surface area contributed by atoms with Gasteiger partial charge in [-0.2, -0.15) is 5.10 Å². The first-order valence-electron chi connectivity index (χ1n) is 7.22. The van der Waals surface area contributed by atoms with Crippen LogP contribution in [0, 0.1) is 0 Å². The summed E-state index contributed by atoms with van der Waals surface area (Å²) >= 11 is 3.28. The molecule has 2 amide bonds. The second-order valence-corrected chi connectivity index (χ2v) is 5.83. The Hall–Kier alpha value is -2.87. The number of amides is 2. The van der Waals surface area contributed by atoms with Crippen LogP contribution in [0.2, 0.25) is 0 Å². The first kappa shape index (κ1) is 18.5. The molecule has 0 fully saturated rings. The van der Waals surface area contributed by atoms with Gasteiger partial charge in [-0.3, -0.25) is 9.59 Å². The van der Waals surface area contributed by atoms with E-state index in [2.05, 4.69) is 31.8 Å². The minimum Gasteiger partial charge on any atom is -0.507 e. The number of halogens is 1. The average Bonchev–Trinajstić information content (AvgIpc) is 2.61. The number of nitrogens with zero attached hydrogens (tertiary/aromatic N) is 1. The third-order valence-electron chi connectivity index (χ3n) is 3.12. The Balaban J connectivity index is 1.85. The first-order chi connectivity index (χ1) is 12.0. The number of hydrogen-bond acceptors (Lipinski definition) is 5. The molecule has 0 atom stereocenters. The lowest BCUT2D eigenvalue weighted by Crippen LogP contribution is -2.34. The number of nitrogens with one attached hydrogen (secondary N) is 2. The van der Waals surface area contributed by atoms with Gasteiger partial charge in [0.1, 0.15) is 11.5 Å². The maximum Gasteiger partial charge on any atom is 0.259 e. The van der Waals surface area contributed by atoms with Crippen LogP contribution in [0.5, 0.6) is 11.5 Å². The third kappa shape index (κ3) is 5.61. The molecule has 3 N–H and O–H groups in total. The first-order valence-corrected chi connectivity index (χ1v) is 8.01. The summed E-state index contributed by atoms with van der Waals surface area (Å²) in [5.41, 5.74) is 3.09. The van der Waals surface area contributed by atoms with E-state index in [1.54, 1.807) is 36.4 Å². The number of phenols is 1. The smallest absolute Gasteiger partial charge is 0.259 e. The Labute approximate surface area is 152 Å². The maximum absolute atomic E-state index is 11.9. The molecule has 7 nitrogen and oxygen atoms in total. The molecule has 0 saturated heterocycles. The van der Waals surface area contributed by atoms with Gasteiger partial charge in [0.2, 0.25) is 0 Å². The highest BCUT2D eigenvalue weighted by Crippen LogP contribution is 2.20. The van der Waals surface area contributed by atoms with Gasteiger partial charge in [-0.15, -0.1) is 0 Å². The molecule has 2 aromatic rings. The number of carbonyl (C=O) groups is 2. The standard InChI is InChI=1S/C17H16BrN3O4/c1-25-14-5-6-15(22)12(8-14)9-20-21-16(23)10-19-17(24)11-3-2-4-13(18)7-11/h2-9,22H,10H2,1H3,(H,19,24)(H,21,23). The zero-order chi connectivity index (χ0) is 18.2. The van der Waals surface area contributed by atoms with Crippen LogP contribution < -0.4 is 15.5 Å². The van der Waals surface area contributed by atoms with E-state index in [0.717, 1.165) is 4.47 Å². The van der Waals surface area contributed by atoms with Crippen molar-refractivity contribution in [3.63, 3.8) is 0 Å². The summed E-state index contributed by atoms with van der Waals surface area (Å²) in [4.78, 5) is 23.6. The second kappa shape index (κ2) is 8.84. The lowest BCUT2D eigenvalue weighted by atomic mass is 10.2. The molecule has 0 aliphatic carbocycles. The number of hydrogen-bond donors (Lipinski definition) is 3. The molecule has 0 saturated carbocycles. The minimum absolute atomic E-state index is 0.00163. The predicted molar refractivity (Wildman–Crippen MR) is 96.9 cm³/mol. The SMILES string of the molecule is COc1ccc(O)c(C=NNC(=O)CNC(=O)c2cccc(Br)c2)c1. The van der Waals surface area contributed by atoms with E-state index in [1.165, 1.54) is 19.4 Å². The zero-order valence-electron chi connectivity index (χ0n) is 13.3. The number of aromatic hydroxyl groups is 1. The highest BCUT2D eigenvalue weighted by atomic mass is 79.9. The Morgan fingerprint density at radius 1 is 1.28 bits per heavy atom. The van der Waals surface area contributed by atoms with Crippen LogP contribution >= 0.6 is 15.9 Å². The fourth-order valence-electron chi connectivity index (χ4n) is 1.87. The summed E-state index contributed by atoms with van der Waals surface area (Å²) in [7, 11) is 1.50. The van der Waals surface area contributed by atoms with Crippen molar-refractivity contribution < 1.29 is 19.4 Å². The van der Waals surface area contributed by atoms with Gasteiger partial charge in [-0.25, -0.2) is 5.43 Å². The molecular formula is C17H16BrN3O4. The van der Waals surface area contributed by atoms with Crippen molar-refractivity contribution in [2.75, 3.05) is 13.7 Å². The van der Waals surface area contributed by atoms with Gasteiger partial charge in [-0.05, 0) is 36.4 Å². The topological polar surface area (TPSA) is 100 Å². The molecule has 0 radical (unpaired) electrons. The van der Waals surface area contributed by atoms with E-state index >= 15 is 0 Å². The second-order valence-electron chi connectivity index (χ2n) is 4.91.